The molecule has 2 aromatic rings. The predicted octanol–water partition coefficient (Wildman–Crippen LogP) is 3.72. The van der Waals surface area contributed by atoms with E-state index in [0.717, 1.165) is 35.8 Å². The van der Waals surface area contributed by atoms with E-state index in [1.807, 2.05) is 55.9 Å². The fourth-order valence-electron chi connectivity index (χ4n) is 3.42. The quantitative estimate of drug-likeness (QED) is 0.874. The lowest BCUT2D eigenvalue weighted by atomic mass is 10.1. The van der Waals surface area contributed by atoms with Crippen LogP contribution >= 0.6 is 11.8 Å². The van der Waals surface area contributed by atoms with Crippen LogP contribution in [0.15, 0.2) is 42.5 Å². The molecular formula is C21H24N2O3S. The molecule has 0 saturated carbocycles. The molecule has 2 aliphatic rings. The molecule has 1 amide bonds. The van der Waals surface area contributed by atoms with Crippen LogP contribution in [-0.2, 0) is 4.79 Å². The van der Waals surface area contributed by atoms with Crippen LogP contribution in [0.5, 0.6) is 11.5 Å². The van der Waals surface area contributed by atoms with Gasteiger partial charge in [-0.3, -0.25) is 4.79 Å². The molecule has 4 rings (SSSR count). The third-order valence-electron chi connectivity index (χ3n) is 4.94. The largest absolute Gasteiger partial charge is 0.482 e. The van der Waals surface area contributed by atoms with E-state index in [-0.39, 0.29) is 12.0 Å². The standard InChI is InChI=1S/C21H24N2O3S/c1-14-13-16(23-9-11-27-12-10-23)7-8-17(14)22-21(24)20-15(2)25-18-5-3-4-6-19(18)26-20/h3-8,13,15,20H,9-12H2,1-2H3,(H,22,24)/t15-,20-/m0/s1. The number of rotatable bonds is 3. The van der Waals surface area contributed by atoms with Gasteiger partial charge in [0.15, 0.2) is 11.5 Å². The van der Waals surface area contributed by atoms with Crippen molar-refractivity contribution in [1.29, 1.82) is 0 Å². The number of hydrogen-bond donors (Lipinski definition) is 1. The van der Waals surface area contributed by atoms with Crippen LogP contribution < -0.4 is 19.7 Å². The van der Waals surface area contributed by atoms with Crippen LogP contribution in [0, 0.1) is 6.92 Å². The highest BCUT2D eigenvalue weighted by molar-refractivity contribution is 7.99. The first-order chi connectivity index (χ1) is 13.1. The molecule has 6 heteroatoms. The highest BCUT2D eigenvalue weighted by Gasteiger charge is 2.34. The van der Waals surface area contributed by atoms with Crippen LogP contribution in [0.3, 0.4) is 0 Å². The zero-order valence-electron chi connectivity index (χ0n) is 15.6. The third-order valence-corrected chi connectivity index (χ3v) is 5.89. The Morgan fingerprint density at radius 2 is 1.81 bits per heavy atom. The lowest BCUT2D eigenvalue weighted by Gasteiger charge is -2.31. The van der Waals surface area contributed by atoms with E-state index in [2.05, 4.69) is 22.3 Å². The second-order valence-electron chi connectivity index (χ2n) is 6.90. The Hall–Kier alpha value is -2.34. The van der Waals surface area contributed by atoms with E-state index in [1.54, 1.807) is 0 Å². The Balaban J connectivity index is 1.46. The van der Waals surface area contributed by atoms with Crippen molar-refractivity contribution in [3.05, 3.63) is 48.0 Å². The molecule has 0 bridgehead atoms. The van der Waals surface area contributed by atoms with Crippen molar-refractivity contribution in [2.75, 3.05) is 34.8 Å². The van der Waals surface area contributed by atoms with Crippen molar-refractivity contribution in [3.8, 4) is 11.5 Å². The molecule has 2 heterocycles. The summed E-state index contributed by atoms with van der Waals surface area (Å²) < 4.78 is 11.7. The Morgan fingerprint density at radius 1 is 1.11 bits per heavy atom. The molecule has 142 valence electrons. The van der Waals surface area contributed by atoms with Gasteiger partial charge in [-0.2, -0.15) is 11.8 Å². The lowest BCUT2D eigenvalue weighted by Crippen LogP contribution is -2.46. The molecule has 2 aliphatic heterocycles. The minimum Gasteiger partial charge on any atom is -0.482 e. The summed E-state index contributed by atoms with van der Waals surface area (Å²) >= 11 is 2.00. The normalized spacial score (nSPS) is 21.6. The number of ether oxygens (including phenoxy) is 2. The average molecular weight is 385 g/mol. The molecule has 5 nitrogen and oxygen atoms in total. The summed E-state index contributed by atoms with van der Waals surface area (Å²) in [5.74, 6) is 3.41. The number of benzene rings is 2. The fraction of sp³-hybridized carbons (Fsp3) is 0.381. The van der Waals surface area contributed by atoms with E-state index in [9.17, 15) is 4.79 Å². The number of anilines is 2. The van der Waals surface area contributed by atoms with E-state index in [0.29, 0.717) is 11.5 Å². The molecule has 0 unspecified atom stereocenters. The number of para-hydroxylation sites is 2. The molecule has 0 spiro atoms. The van der Waals surface area contributed by atoms with Crippen molar-refractivity contribution in [2.24, 2.45) is 0 Å². The van der Waals surface area contributed by atoms with Crippen LogP contribution in [0.2, 0.25) is 0 Å². The summed E-state index contributed by atoms with van der Waals surface area (Å²) in [4.78, 5) is 15.2. The minimum absolute atomic E-state index is 0.192. The van der Waals surface area contributed by atoms with E-state index < -0.39 is 6.10 Å². The number of aryl methyl sites for hydroxylation is 1. The van der Waals surface area contributed by atoms with Gasteiger partial charge in [-0.15, -0.1) is 0 Å². The number of nitrogens with one attached hydrogen (secondary N) is 1. The number of carbonyl (C=O) groups excluding carboxylic acids is 1. The molecule has 0 aliphatic carbocycles. The molecule has 2 aromatic carbocycles. The summed E-state index contributed by atoms with van der Waals surface area (Å²) in [5, 5.41) is 3.00. The van der Waals surface area contributed by atoms with Crippen LogP contribution in [-0.4, -0.2) is 42.7 Å². The molecule has 0 radical (unpaired) electrons. The van der Waals surface area contributed by atoms with Gasteiger partial charge in [-0.1, -0.05) is 12.1 Å². The first kappa shape index (κ1) is 18.0. The summed E-state index contributed by atoms with van der Waals surface area (Å²) in [7, 11) is 0. The second-order valence-corrected chi connectivity index (χ2v) is 8.12. The highest BCUT2D eigenvalue weighted by atomic mass is 32.2. The van der Waals surface area contributed by atoms with Crippen molar-refractivity contribution >= 4 is 29.0 Å². The second kappa shape index (κ2) is 7.72. The zero-order valence-corrected chi connectivity index (χ0v) is 16.4. The Morgan fingerprint density at radius 3 is 2.52 bits per heavy atom. The Kier molecular flexibility index (Phi) is 5.16. The third kappa shape index (κ3) is 3.86. The number of carbonyl (C=O) groups is 1. The topological polar surface area (TPSA) is 50.8 Å². The van der Waals surface area contributed by atoms with Gasteiger partial charge in [-0.25, -0.2) is 0 Å². The molecule has 1 saturated heterocycles. The van der Waals surface area contributed by atoms with Crippen molar-refractivity contribution in [1.82, 2.24) is 0 Å². The Labute approximate surface area is 164 Å². The van der Waals surface area contributed by atoms with Crippen LogP contribution in [0.1, 0.15) is 12.5 Å². The monoisotopic (exact) mass is 384 g/mol. The van der Waals surface area contributed by atoms with Crippen molar-refractivity contribution in [2.45, 2.75) is 26.1 Å². The van der Waals surface area contributed by atoms with Gasteiger partial charge in [0.1, 0.15) is 6.10 Å². The van der Waals surface area contributed by atoms with Crippen molar-refractivity contribution < 1.29 is 14.3 Å². The summed E-state index contributed by atoms with van der Waals surface area (Å²) in [5.41, 5.74) is 3.07. The van der Waals surface area contributed by atoms with Crippen molar-refractivity contribution in [3.63, 3.8) is 0 Å². The summed E-state index contributed by atoms with van der Waals surface area (Å²) in [6.07, 6.45) is -1.04. The SMILES string of the molecule is Cc1cc(N2CCSCC2)ccc1NC(=O)[C@H]1Oc2ccccc2O[C@H]1C. The fourth-order valence-corrected chi connectivity index (χ4v) is 4.32. The van der Waals surface area contributed by atoms with E-state index in [4.69, 9.17) is 9.47 Å². The number of fused-ring (bicyclic) bond motifs is 1. The van der Waals surface area contributed by atoms with Gasteiger partial charge in [0.2, 0.25) is 6.10 Å². The van der Waals surface area contributed by atoms with Crippen LogP contribution in [0.4, 0.5) is 11.4 Å². The molecule has 2 atom stereocenters. The maximum atomic E-state index is 12.8. The van der Waals surface area contributed by atoms with Gasteiger partial charge in [0, 0.05) is 36.0 Å². The maximum absolute atomic E-state index is 12.8. The first-order valence-electron chi connectivity index (χ1n) is 9.28. The summed E-state index contributed by atoms with van der Waals surface area (Å²) in [6.45, 7) is 6.01. The Bertz CT molecular complexity index is 836. The first-order valence-corrected chi connectivity index (χ1v) is 10.4. The average Bonchev–Trinajstić information content (AvgIpc) is 2.69. The van der Waals surface area contributed by atoms with Crippen LogP contribution in [0.25, 0.3) is 0 Å². The van der Waals surface area contributed by atoms with Gasteiger partial charge < -0.3 is 19.7 Å². The number of nitrogens with zero attached hydrogens (tertiary/aromatic N) is 1. The minimum atomic E-state index is -0.682. The predicted molar refractivity (Wildman–Crippen MR) is 110 cm³/mol. The number of thioether (sulfide) groups is 1. The smallest absolute Gasteiger partial charge is 0.269 e. The lowest BCUT2D eigenvalue weighted by molar-refractivity contribution is -0.128. The van der Waals surface area contributed by atoms with E-state index in [1.165, 1.54) is 5.69 Å². The van der Waals surface area contributed by atoms with E-state index >= 15 is 0 Å². The van der Waals surface area contributed by atoms with Gasteiger partial charge in [0.25, 0.3) is 5.91 Å². The molecular weight excluding hydrogens is 360 g/mol. The van der Waals surface area contributed by atoms with Gasteiger partial charge in [-0.05, 0) is 49.7 Å². The molecule has 0 aromatic heterocycles. The highest BCUT2D eigenvalue weighted by Crippen LogP contribution is 2.34. The molecule has 1 fully saturated rings. The number of hydrogen-bond acceptors (Lipinski definition) is 5. The van der Waals surface area contributed by atoms with Gasteiger partial charge >= 0.3 is 0 Å². The number of amides is 1. The molecule has 1 N–H and O–H groups in total. The summed E-state index contributed by atoms with van der Waals surface area (Å²) in [6, 6.07) is 13.6. The van der Waals surface area contributed by atoms with Gasteiger partial charge in [0.05, 0.1) is 0 Å². The molecule has 27 heavy (non-hydrogen) atoms. The maximum Gasteiger partial charge on any atom is 0.269 e. The zero-order chi connectivity index (χ0) is 18.8.